The predicted molar refractivity (Wildman–Crippen MR) is 91.5 cm³/mol. The quantitative estimate of drug-likeness (QED) is 0.258. The fraction of sp³-hybridized carbons (Fsp3) is 0.812. The van der Waals surface area contributed by atoms with Crippen molar-refractivity contribution in [2.75, 3.05) is 38.6 Å². The van der Waals surface area contributed by atoms with Crippen LogP contribution in [-0.4, -0.2) is 68.5 Å². The number of esters is 1. The van der Waals surface area contributed by atoms with E-state index in [1.165, 1.54) is 0 Å². The Kier molecular flexibility index (Phi) is 10.2. The lowest BCUT2D eigenvalue weighted by atomic mass is 10.2. The molecule has 0 aliphatic carbocycles. The molecule has 0 amide bonds. The largest absolute Gasteiger partial charge is 0.460 e. The molecule has 1 atom stereocenters. The summed E-state index contributed by atoms with van der Waals surface area (Å²) in [5.74, 6) is -1.07. The zero-order valence-corrected chi connectivity index (χ0v) is 15.2. The monoisotopic (exact) mass is 363 g/mol. The molecule has 0 spiro atoms. The summed E-state index contributed by atoms with van der Waals surface area (Å²) in [7, 11) is -4.21. The molecular weight excluding hydrogens is 334 g/mol. The molecule has 140 valence electrons. The van der Waals surface area contributed by atoms with Gasteiger partial charge in [0.15, 0.2) is 0 Å². The van der Waals surface area contributed by atoms with Gasteiger partial charge in [-0.1, -0.05) is 31.9 Å². The van der Waals surface area contributed by atoms with Crippen molar-refractivity contribution < 1.29 is 27.2 Å². The van der Waals surface area contributed by atoms with Gasteiger partial charge in [-0.3, -0.25) is 14.2 Å². The van der Waals surface area contributed by atoms with E-state index in [2.05, 4.69) is 6.92 Å². The number of rotatable bonds is 11. The van der Waals surface area contributed by atoms with Crippen LogP contribution in [0.4, 0.5) is 0 Å². The lowest BCUT2D eigenvalue weighted by Gasteiger charge is -2.29. The van der Waals surface area contributed by atoms with Crippen LogP contribution >= 0.6 is 0 Å². The van der Waals surface area contributed by atoms with Gasteiger partial charge in [-0.25, -0.2) is 0 Å². The molecule has 1 saturated heterocycles. The van der Waals surface area contributed by atoms with E-state index in [1.54, 1.807) is 6.08 Å². The number of hydrogen-bond donors (Lipinski definition) is 1. The van der Waals surface area contributed by atoms with Gasteiger partial charge in [0.25, 0.3) is 10.1 Å². The fourth-order valence-electron chi connectivity index (χ4n) is 2.47. The van der Waals surface area contributed by atoms with Crippen LogP contribution in [0.2, 0.25) is 0 Å². The highest BCUT2D eigenvalue weighted by molar-refractivity contribution is 7.85. The molecule has 0 bridgehead atoms. The van der Waals surface area contributed by atoms with Crippen LogP contribution in [0.15, 0.2) is 12.2 Å². The van der Waals surface area contributed by atoms with Crippen molar-refractivity contribution in [3.63, 3.8) is 0 Å². The van der Waals surface area contributed by atoms with Crippen molar-refractivity contribution in [1.29, 1.82) is 0 Å². The third-order valence-electron chi connectivity index (χ3n) is 3.69. The summed E-state index contributed by atoms with van der Waals surface area (Å²) in [6, 6.07) is 0. The first-order valence-corrected chi connectivity index (χ1v) is 10.1. The van der Waals surface area contributed by atoms with E-state index in [4.69, 9.17) is 14.0 Å². The SMILES string of the molecule is CCCCC/C=C\CC(=O)OC(CN1CCOCC1)CS(=O)(=O)O. The van der Waals surface area contributed by atoms with E-state index in [9.17, 15) is 13.2 Å². The Hall–Kier alpha value is -0.960. The molecule has 24 heavy (non-hydrogen) atoms. The Bertz CT molecular complexity index is 485. The zero-order chi connectivity index (χ0) is 17.8. The Morgan fingerprint density at radius 1 is 1.29 bits per heavy atom. The molecule has 1 aliphatic heterocycles. The van der Waals surface area contributed by atoms with Gasteiger partial charge in [-0.05, 0) is 12.8 Å². The van der Waals surface area contributed by atoms with Crippen LogP contribution in [0.25, 0.3) is 0 Å². The molecule has 0 aromatic heterocycles. The second-order valence-electron chi connectivity index (χ2n) is 5.94. The van der Waals surface area contributed by atoms with Gasteiger partial charge in [0.05, 0.1) is 19.6 Å². The number of morpholine rings is 1. The lowest BCUT2D eigenvalue weighted by Crippen LogP contribution is -2.44. The smallest absolute Gasteiger partial charge is 0.309 e. The van der Waals surface area contributed by atoms with Crippen molar-refractivity contribution in [1.82, 2.24) is 4.90 Å². The zero-order valence-electron chi connectivity index (χ0n) is 14.4. The van der Waals surface area contributed by atoms with Crippen molar-refractivity contribution in [2.24, 2.45) is 0 Å². The minimum atomic E-state index is -4.21. The van der Waals surface area contributed by atoms with Crippen molar-refractivity contribution in [3.05, 3.63) is 12.2 Å². The second kappa shape index (κ2) is 11.6. The normalized spacial score (nSPS) is 17.9. The standard InChI is InChI=1S/C16H29NO6S/c1-2-3-4-5-6-7-8-16(18)23-15(14-24(19,20)21)13-17-9-11-22-12-10-17/h6-7,15H,2-5,8-14H2,1H3,(H,19,20,21)/b7-6-. The van der Waals surface area contributed by atoms with Crippen LogP contribution in [-0.2, 0) is 24.4 Å². The molecule has 1 aliphatic rings. The minimum absolute atomic E-state index is 0.108. The highest BCUT2D eigenvalue weighted by Crippen LogP contribution is 2.07. The first-order valence-electron chi connectivity index (χ1n) is 8.50. The molecule has 1 N–H and O–H groups in total. The Labute approximate surface area is 144 Å². The van der Waals surface area contributed by atoms with E-state index < -0.39 is 27.9 Å². The van der Waals surface area contributed by atoms with Gasteiger partial charge in [0.1, 0.15) is 11.9 Å². The number of carbonyl (C=O) groups excluding carboxylic acids is 1. The summed E-state index contributed by atoms with van der Waals surface area (Å²) >= 11 is 0. The molecular formula is C16H29NO6S. The molecule has 1 rings (SSSR count). The number of nitrogens with zero attached hydrogens (tertiary/aromatic N) is 1. The molecule has 0 aromatic carbocycles. The van der Waals surface area contributed by atoms with Crippen LogP contribution < -0.4 is 0 Å². The van der Waals surface area contributed by atoms with E-state index in [-0.39, 0.29) is 13.0 Å². The average Bonchev–Trinajstić information content (AvgIpc) is 2.50. The maximum absolute atomic E-state index is 11.9. The second-order valence-corrected chi connectivity index (χ2v) is 7.44. The first kappa shape index (κ1) is 21.1. The molecule has 1 heterocycles. The molecule has 0 aromatic rings. The van der Waals surface area contributed by atoms with E-state index >= 15 is 0 Å². The van der Waals surface area contributed by atoms with Gasteiger partial charge < -0.3 is 9.47 Å². The molecule has 8 heteroatoms. The topological polar surface area (TPSA) is 93.1 Å². The average molecular weight is 363 g/mol. The molecule has 0 saturated carbocycles. The summed E-state index contributed by atoms with van der Waals surface area (Å²) in [6.07, 6.45) is 7.23. The minimum Gasteiger partial charge on any atom is -0.460 e. The first-order chi connectivity index (χ1) is 11.4. The van der Waals surface area contributed by atoms with Gasteiger partial charge in [-0.2, -0.15) is 8.42 Å². The molecule has 0 radical (unpaired) electrons. The summed E-state index contributed by atoms with van der Waals surface area (Å²) in [5, 5.41) is 0. The predicted octanol–water partition coefficient (Wildman–Crippen LogP) is 1.64. The van der Waals surface area contributed by atoms with Gasteiger partial charge in [-0.15, -0.1) is 0 Å². The van der Waals surface area contributed by atoms with E-state index in [0.717, 1.165) is 25.7 Å². The maximum Gasteiger partial charge on any atom is 0.309 e. The van der Waals surface area contributed by atoms with E-state index in [0.29, 0.717) is 26.3 Å². The lowest BCUT2D eigenvalue weighted by molar-refractivity contribution is -0.148. The number of ether oxygens (including phenoxy) is 2. The van der Waals surface area contributed by atoms with Crippen LogP contribution in [0.1, 0.15) is 39.0 Å². The Morgan fingerprint density at radius 3 is 2.62 bits per heavy atom. The summed E-state index contributed by atoms with van der Waals surface area (Å²) in [4.78, 5) is 13.8. The molecule has 1 fully saturated rings. The highest BCUT2D eigenvalue weighted by atomic mass is 32.2. The molecule has 1 unspecified atom stereocenters. The van der Waals surface area contributed by atoms with Crippen molar-refractivity contribution in [2.45, 2.75) is 45.1 Å². The van der Waals surface area contributed by atoms with Gasteiger partial charge >= 0.3 is 5.97 Å². The van der Waals surface area contributed by atoms with Crippen LogP contribution in [0.3, 0.4) is 0 Å². The summed E-state index contributed by atoms with van der Waals surface area (Å²) in [6.45, 7) is 4.83. The Balaban J connectivity index is 2.43. The highest BCUT2D eigenvalue weighted by Gasteiger charge is 2.24. The maximum atomic E-state index is 11.9. The third kappa shape index (κ3) is 10.7. The number of unbranched alkanes of at least 4 members (excludes halogenated alkanes) is 3. The summed E-state index contributed by atoms with van der Waals surface area (Å²) in [5.41, 5.74) is 0. The van der Waals surface area contributed by atoms with Gasteiger partial charge in [0, 0.05) is 19.6 Å². The summed E-state index contributed by atoms with van der Waals surface area (Å²) < 4.78 is 41.8. The molecule has 7 nitrogen and oxygen atoms in total. The number of hydrogen-bond acceptors (Lipinski definition) is 6. The van der Waals surface area contributed by atoms with E-state index in [1.807, 2.05) is 11.0 Å². The van der Waals surface area contributed by atoms with Crippen molar-refractivity contribution in [3.8, 4) is 0 Å². The fourth-order valence-corrected chi connectivity index (χ4v) is 3.12. The number of carbonyl (C=O) groups is 1. The Morgan fingerprint density at radius 2 is 2.00 bits per heavy atom. The number of allylic oxidation sites excluding steroid dienone is 1. The van der Waals surface area contributed by atoms with Gasteiger partial charge in [0.2, 0.25) is 0 Å². The van der Waals surface area contributed by atoms with Crippen LogP contribution in [0.5, 0.6) is 0 Å². The van der Waals surface area contributed by atoms with Crippen LogP contribution in [0, 0.1) is 0 Å². The van der Waals surface area contributed by atoms with Crippen molar-refractivity contribution >= 4 is 16.1 Å². The third-order valence-corrected chi connectivity index (χ3v) is 4.48.